The van der Waals surface area contributed by atoms with Crippen molar-refractivity contribution < 1.29 is 9.21 Å². The molecule has 0 saturated carbocycles. The van der Waals surface area contributed by atoms with Crippen molar-refractivity contribution in [2.24, 2.45) is 0 Å². The van der Waals surface area contributed by atoms with Crippen LogP contribution in [0.15, 0.2) is 28.8 Å². The van der Waals surface area contributed by atoms with E-state index in [9.17, 15) is 4.79 Å². The molecular weight excluding hydrogens is 280 g/mol. The highest BCUT2D eigenvalue weighted by Gasteiger charge is 2.16. The van der Waals surface area contributed by atoms with Gasteiger partial charge in [-0.3, -0.25) is 14.4 Å². The first-order chi connectivity index (χ1) is 10.7. The molecule has 118 valence electrons. The van der Waals surface area contributed by atoms with Gasteiger partial charge in [0.05, 0.1) is 18.8 Å². The lowest BCUT2D eigenvalue weighted by atomic mass is 10.3. The van der Waals surface area contributed by atoms with Crippen LogP contribution in [0, 0.1) is 0 Å². The number of nitrogens with one attached hydrogen (secondary N) is 1. The Morgan fingerprint density at radius 1 is 1.32 bits per heavy atom. The molecule has 6 heteroatoms. The van der Waals surface area contributed by atoms with Crippen molar-refractivity contribution in [3.8, 4) is 0 Å². The van der Waals surface area contributed by atoms with Gasteiger partial charge in [-0.1, -0.05) is 0 Å². The predicted octanol–water partition coefficient (Wildman–Crippen LogP) is 2.02. The van der Waals surface area contributed by atoms with Crippen molar-refractivity contribution in [1.29, 1.82) is 0 Å². The fraction of sp³-hybridized carbons (Fsp3) is 0.500. The van der Waals surface area contributed by atoms with Gasteiger partial charge in [0.25, 0.3) is 5.91 Å². The van der Waals surface area contributed by atoms with Gasteiger partial charge in [-0.2, -0.15) is 5.10 Å². The van der Waals surface area contributed by atoms with Crippen LogP contribution in [0.1, 0.15) is 41.8 Å². The van der Waals surface area contributed by atoms with E-state index in [1.807, 2.05) is 29.9 Å². The molecule has 2 aromatic rings. The zero-order valence-corrected chi connectivity index (χ0v) is 12.9. The van der Waals surface area contributed by atoms with Crippen molar-refractivity contribution >= 4 is 5.91 Å². The minimum atomic E-state index is -0.196. The Morgan fingerprint density at radius 3 is 2.86 bits per heavy atom. The third kappa shape index (κ3) is 3.57. The van der Waals surface area contributed by atoms with E-state index in [0.717, 1.165) is 37.6 Å². The van der Waals surface area contributed by atoms with Gasteiger partial charge in [0.1, 0.15) is 5.76 Å². The Bertz CT molecular complexity index is 626. The second-order valence-corrected chi connectivity index (χ2v) is 5.59. The second kappa shape index (κ2) is 6.79. The van der Waals surface area contributed by atoms with E-state index < -0.39 is 0 Å². The average Bonchev–Trinajstić information content (AvgIpc) is 3.27. The number of aryl methyl sites for hydroxylation is 1. The summed E-state index contributed by atoms with van der Waals surface area (Å²) >= 11 is 0. The minimum Gasteiger partial charge on any atom is -0.455 e. The molecule has 0 spiro atoms. The van der Waals surface area contributed by atoms with Crippen molar-refractivity contribution in [1.82, 2.24) is 20.0 Å². The SMILES string of the molecule is CCn1ccc(CNC(=O)c2ccc(CN3CCCC3)o2)n1. The van der Waals surface area contributed by atoms with E-state index in [4.69, 9.17) is 4.42 Å². The average molecular weight is 302 g/mol. The van der Waals surface area contributed by atoms with Crippen molar-refractivity contribution in [3.05, 3.63) is 41.6 Å². The van der Waals surface area contributed by atoms with Gasteiger partial charge >= 0.3 is 0 Å². The third-order valence-corrected chi connectivity index (χ3v) is 3.91. The van der Waals surface area contributed by atoms with Crippen LogP contribution in [-0.4, -0.2) is 33.7 Å². The van der Waals surface area contributed by atoms with Gasteiger partial charge in [0.2, 0.25) is 0 Å². The summed E-state index contributed by atoms with van der Waals surface area (Å²) in [4.78, 5) is 14.4. The number of likely N-dealkylation sites (tertiary alicyclic amines) is 1. The number of hydrogen-bond acceptors (Lipinski definition) is 4. The van der Waals surface area contributed by atoms with E-state index in [-0.39, 0.29) is 5.91 Å². The predicted molar refractivity (Wildman–Crippen MR) is 82.3 cm³/mol. The first-order valence-corrected chi connectivity index (χ1v) is 7.86. The molecule has 3 heterocycles. The summed E-state index contributed by atoms with van der Waals surface area (Å²) in [6, 6.07) is 5.54. The summed E-state index contributed by atoms with van der Waals surface area (Å²) in [7, 11) is 0. The number of aromatic nitrogens is 2. The summed E-state index contributed by atoms with van der Waals surface area (Å²) in [5, 5.41) is 7.17. The summed E-state index contributed by atoms with van der Waals surface area (Å²) in [5.41, 5.74) is 0.846. The van der Waals surface area contributed by atoms with Gasteiger partial charge in [-0.15, -0.1) is 0 Å². The van der Waals surface area contributed by atoms with Crippen LogP contribution in [0.25, 0.3) is 0 Å². The molecule has 0 radical (unpaired) electrons. The lowest BCUT2D eigenvalue weighted by Gasteiger charge is -2.11. The Balaban J connectivity index is 1.52. The van der Waals surface area contributed by atoms with Crippen molar-refractivity contribution in [2.45, 2.75) is 39.4 Å². The van der Waals surface area contributed by atoms with E-state index in [2.05, 4.69) is 15.3 Å². The molecule has 0 bridgehead atoms. The molecule has 0 aliphatic carbocycles. The minimum absolute atomic E-state index is 0.196. The number of nitrogens with zero attached hydrogens (tertiary/aromatic N) is 3. The van der Waals surface area contributed by atoms with Crippen LogP contribution in [0.2, 0.25) is 0 Å². The smallest absolute Gasteiger partial charge is 0.287 e. The maximum atomic E-state index is 12.1. The van der Waals surface area contributed by atoms with Gasteiger partial charge in [0.15, 0.2) is 5.76 Å². The quantitative estimate of drug-likeness (QED) is 0.887. The monoisotopic (exact) mass is 302 g/mol. The molecule has 0 unspecified atom stereocenters. The van der Waals surface area contributed by atoms with Gasteiger partial charge in [-0.05, 0) is 51.1 Å². The van der Waals surface area contributed by atoms with Crippen LogP contribution in [0.3, 0.4) is 0 Å². The van der Waals surface area contributed by atoms with Gasteiger partial charge in [-0.25, -0.2) is 0 Å². The Labute approximate surface area is 130 Å². The highest BCUT2D eigenvalue weighted by molar-refractivity contribution is 5.91. The number of hydrogen-bond donors (Lipinski definition) is 1. The number of rotatable bonds is 6. The zero-order chi connectivity index (χ0) is 15.4. The Morgan fingerprint density at radius 2 is 2.14 bits per heavy atom. The number of furan rings is 1. The topological polar surface area (TPSA) is 63.3 Å². The van der Waals surface area contributed by atoms with Gasteiger partial charge < -0.3 is 9.73 Å². The van der Waals surface area contributed by atoms with Crippen LogP contribution >= 0.6 is 0 Å². The van der Waals surface area contributed by atoms with Crippen molar-refractivity contribution in [3.63, 3.8) is 0 Å². The van der Waals surface area contributed by atoms with Crippen LogP contribution in [-0.2, 0) is 19.6 Å². The molecule has 1 aliphatic rings. The standard InChI is InChI=1S/C16H22N4O2/c1-2-20-10-7-13(18-20)11-17-16(21)15-6-5-14(22-15)12-19-8-3-4-9-19/h5-7,10H,2-4,8-9,11-12H2,1H3,(H,17,21). The van der Waals surface area contributed by atoms with Crippen LogP contribution in [0.5, 0.6) is 0 Å². The lowest BCUT2D eigenvalue weighted by molar-refractivity contribution is 0.0919. The second-order valence-electron chi connectivity index (χ2n) is 5.59. The van der Waals surface area contributed by atoms with Crippen LogP contribution in [0.4, 0.5) is 0 Å². The summed E-state index contributed by atoms with van der Waals surface area (Å²) in [6.45, 7) is 6.28. The Hall–Kier alpha value is -2.08. The first-order valence-electron chi connectivity index (χ1n) is 7.86. The normalized spacial score (nSPS) is 15.3. The lowest BCUT2D eigenvalue weighted by Crippen LogP contribution is -2.22. The zero-order valence-electron chi connectivity index (χ0n) is 12.9. The molecule has 6 nitrogen and oxygen atoms in total. The summed E-state index contributed by atoms with van der Waals surface area (Å²) < 4.78 is 7.48. The fourth-order valence-electron chi connectivity index (χ4n) is 2.68. The largest absolute Gasteiger partial charge is 0.455 e. The molecule has 1 fully saturated rings. The highest BCUT2D eigenvalue weighted by Crippen LogP contribution is 2.15. The van der Waals surface area contributed by atoms with E-state index >= 15 is 0 Å². The molecule has 0 aromatic carbocycles. The molecule has 1 aliphatic heterocycles. The summed E-state index contributed by atoms with van der Waals surface area (Å²) in [5.74, 6) is 1.02. The summed E-state index contributed by atoms with van der Waals surface area (Å²) in [6.07, 6.45) is 4.40. The fourth-order valence-corrected chi connectivity index (χ4v) is 2.68. The maximum absolute atomic E-state index is 12.1. The molecule has 1 saturated heterocycles. The molecule has 0 atom stereocenters. The number of carbonyl (C=O) groups is 1. The third-order valence-electron chi connectivity index (χ3n) is 3.91. The molecule has 2 aromatic heterocycles. The molecular formula is C16H22N4O2. The number of carbonyl (C=O) groups excluding carboxylic acids is 1. The van der Waals surface area contributed by atoms with Crippen molar-refractivity contribution in [2.75, 3.05) is 13.1 Å². The first kappa shape index (κ1) is 14.8. The molecule has 1 amide bonds. The molecule has 22 heavy (non-hydrogen) atoms. The molecule has 3 rings (SSSR count). The number of amides is 1. The highest BCUT2D eigenvalue weighted by atomic mass is 16.4. The van der Waals surface area contributed by atoms with E-state index in [1.165, 1.54) is 12.8 Å². The van der Waals surface area contributed by atoms with Gasteiger partial charge in [0, 0.05) is 12.7 Å². The van der Waals surface area contributed by atoms with E-state index in [1.54, 1.807) is 6.07 Å². The Kier molecular flexibility index (Phi) is 4.58. The van der Waals surface area contributed by atoms with E-state index in [0.29, 0.717) is 12.3 Å². The molecule has 1 N–H and O–H groups in total. The maximum Gasteiger partial charge on any atom is 0.287 e. The van der Waals surface area contributed by atoms with Crippen LogP contribution < -0.4 is 5.32 Å².